The predicted molar refractivity (Wildman–Crippen MR) is 68.2 cm³/mol. The third-order valence-electron chi connectivity index (χ3n) is 3.37. The fraction of sp³-hybridized carbons (Fsp3) is 0.786. The second kappa shape index (κ2) is 9.70. The van der Waals surface area contributed by atoms with Crippen molar-refractivity contribution in [2.24, 2.45) is 17.8 Å². The first kappa shape index (κ1) is 12.8. The summed E-state index contributed by atoms with van der Waals surface area (Å²) in [4.78, 5) is 11.7. The van der Waals surface area contributed by atoms with E-state index < -0.39 is 19.0 Å². The molecule has 1 fully saturated rings. The van der Waals surface area contributed by atoms with E-state index in [-0.39, 0.29) is 75.0 Å². The van der Waals surface area contributed by atoms with Crippen LogP contribution in [-0.2, 0) is 4.79 Å². The third kappa shape index (κ3) is 5.54. The number of allylic oxidation sites excluding steroid dienone is 2. The van der Waals surface area contributed by atoms with Crippen molar-refractivity contribution in [1.29, 1.82) is 0 Å². The smallest absolute Gasteiger partial charge is 0.138 e. The van der Waals surface area contributed by atoms with Crippen LogP contribution in [0.3, 0.4) is 0 Å². The van der Waals surface area contributed by atoms with E-state index in [4.69, 9.17) is 5.48 Å². The Morgan fingerprint density at radius 2 is 2.35 bits per heavy atom. The molecule has 0 aromatic heterocycles. The van der Waals surface area contributed by atoms with Crippen molar-refractivity contribution in [3.05, 3.63) is 12.1 Å². The standard InChI is InChI=1S/C13H22O2.CH4.Ac/c1-4-5-6-10(3)13(15)12-9(2)7-8-11(12)14;;/h4-5,9-10,12-13,15H,6-8H2,1-3H3;1H4;/t9?,10-,12-,13-;;/m1../s1/i1D3,4D;;. The third-order valence-corrected chi connectivity index (χ3v) is 3.37. The van der Waals surface area contributed by atoms with E-state index in [0.717, 1.165) is 6.42 Å². The van der Waals surface area contributed by atoms with E-state index in [1.54, 1.807) is 6.92 Å². The van der Waals surface area contributed by atoms with Gasteiger partial charge in [-0.25, -0.2) is 0 Å². The molecular weight excluding hydrogens is 427 g/mol. The zero-order chi connectivity index (χ0) is 14.8. The Labute approximate surface area is 147 Å². The summed E-state index contributed by atoms with van der Waals surface area (Å²) in [6.07, 6.45) is 2.19. The van der Waals surface area contributed by atoms with Gasteiger partial charge in [0.05, 0.1) is 7.47 Å². The molecule has 17 heavy (non-hydrogen) atoms. The number of aliphatic hydroxyl groups excluding tert-OH is 1. The van der Waals surface area contributed by atoms with Crippen molar-refractivity contribution in [1.82, 2.24) is 0 Å². The molecule has 0 aromatic rings. The van der Waals surface area contributed by atoms with Gasteiger partial charge in [-0.3, -0.25) is 4.79 Å². The topological polar surface area (TPSA) is 37.3 Å². The summed E-state index contributed by atoms with van der Waals surface area (Å²) in [5, 5.41) is 10.2. The second-order valence-corrected chi connectivity index (χ2v) is 4.56. The number of hydrogen-bond acceptors (Lipinski definition) is 2. The van der Waals surface area contributed by atoms with Crippen LogP contribution in [0.25, 0.3) is 0 Å². The first-order chi connectivity index (χ1) is 8.64. The van der Waals surface area contributed by atoms with Gasteiger partial charge in [-0.15, -0.1) is 0 Å². The average molecular weight is 457 g/mol. The first-order valence-electron chi connectivity index (χ1n) is 7.52. The largest absolute Gasteiger partial charge is 0.392 e. The summed E-state index contributed by atoms with van der Waals surface area (Å²) in [5.41, 5.74) is 0. The van der Waals surface area contributed by atoms with E-state index in [1.165, 1.54) is 6.08 Å². The summed E-state index contributed by atoms with van der Waals surface area (Å²) >= 11 is 0. The zero-order valence-electron chi connectivity index (χ0n) is 13.9. The molecular formula is C14H26AcO2. The predicted octanol–water partition coefficient (Wildman–Crippen LogP) is 3.20. The molecule has 97 valence electrons. The fourth-order valence-electron chi connectivity index (χ4n) is 2.30. The number of ketones is 1. The molecule has 1 aliphatic rings. The van der Waals surface area contributed by atoms with E-state index in [9.17, 15) is 9.90 Å². The molecule has 1 unspecified atom stereocenters. The summed E-state index contributed by atoms with van der Waals surface area (Å²) in [6.45, 7) is 1.34. The quantitative estimate of drug-likeness (QED) is 0.659. The van der Waals surface area contributed by atoms with Gasteiger partial charge in [0.1, 0.15) is 5.78 Å². The summed E-state index contributed by atoms with van der Waals surface area (Å²) in [5.74, 6) is -0.299. The second-order valence-electron chi connectivity index (χ2n) is 4.56. The van der Waals surface area contributed by atoms with Crippen LogP contribution in [-0.4, -0.2) is 17.0 Å². The van der Waals surface area contributed by atoms with E-state index >= 15 is 0 Å². The first-order valence-corrected chi connectivity index (χ1v) is 5.52. The molecule has 1 rings (SSSR count). The normalized spacial score (nSPS) is 32.2. The maximum absolute atomic E-state index is 11.7. The van der Waals surface area contributed by atoms with Crippen molar-refractivity contribution in [3.8, 4) is 0 Å². The van der Waals surface area contributed by atoms with Crippen molar-refractivity contribution >= 4 is 5.78 Å². The zero-order valence-corrected chi connectivity index (χ0v) is 14.7. The summed E-state index contributed by atoms with van der Waals surface area (Å²) in [6, 6.07) is -0.405. The fourth-order valence-corrected chi connectivity index (χ4v) is 2.30. The van der Waals surface area contributed by atoms with Crippen molar-refractivity contribution in [3.63, 3.8) is 0 Å². The number of aliphatic hydroxyl groups is 1. The van der Waals surface area contributed by atoms with Gasteiger partial charge in [-0.05, 0) is 31.5 Å². The Morgan fingerprint density at radius 3 is 2.82 bits per heavy atom. The maximum Gasteiger partial charge on any atom is 0.138 e. The Hall–Kier alpha value is 0.812. The molecule has 1 N–H and O–H groups in total. The number of hydrogen-bond donors (Lipinski definition) is 1. The van der Waals surface area contributed by atoms with E-state index in [1.807, 2.05) is 6.92 Å². The Bertz CT molecular complexity index is 368. The maximum atomic E-state index is 11.7. The van der Waals surface area contributed by atoms with Crippen LogP contribution in [0.15, 0.2) is 12.1 Å². The number of Topliss-reactive ketones (excluding diaryl/α,β-unsaturated/α-hetero) is 1. The number of rotatable bonds is 4. The molecule has 0 amide bonds. The van der Waals surface area contributed by atoms with E-state index in [0.29, 0.717) is 12.8 Å². The minimum atomic E-state index is -2.40. The number of carbonyl (C=O) groups excluding carboxylic acids is 1. The minimum Gasteiger partial charge on any atom is -0.392 e. The molecule has 1 aliphatic carbocycles. The van der Waals surface area contributed by atoms with Crippen LogP contribution in [0.4, 0.5) is 0 Å². The van der Waals surface area contributed by atoms with Crippen LogP contribution in [0.5, 0.6) is 0 Å². The van der Waals surface area contributed by atoms with Crippen LogP contribution < -0.4 is 0 Å². The summed E-state index contributed by atoms with van der Waals surface area (Å²) in [7, 11) is 0. The molecule has 0 spiro atoms. The van der Waals surface area contributed by atoms with Gasteiger partial charge in [0.25, 0.3) is 0 Å². The Morgan fingerprint density at radius 1 is 1.71 bits per heavy atom. The average Bonchev–Trinajstić information content (AvgIpc) is 2.63. The molecule has 3 heteroatoms. The van der Waals surface area contributed by atoms with Gasteiger partial charge >= 0.3 is 0 Å². The molecule has 2 nitrogen and oxygen atoms in total. The van der Waals surface area contributed by atoms with Gasteiger partial charge in [-0.2, -0.15) is 0 Å². The molecule has 1 saturated carbocycles. The molecule has 0 aromatic carbocycles. The van der Waals surface area contributed by atoms with Gasteiger partial charge in [0.2, 0.25) is 0 Å². The van der Waals surface area contributed by atoms with Gasteiger partial charge in [0.15, 0.2) is 0 Å². The molecule has 0 aliphatic heterocycles. The van der Waals surface area contributed by atoms with Crippen LogP contribution in [0.1, 0.15) is 52.9 Å². The van der Waals surface area contributed by atoms with Gasteiger partial charge in [0, 0.05) is 60.5 Å². The van der Waals surface area contributed by atoms with Crippen molar-refractivity contribution in [2.45, 2.75) is 53.5 Å². The van der Waals surface area contributed by atoms with Crippen LogP contribution in [0.2, 0.25) is 0 Å². The minimum absolute atomic E-state index is 0. The molecule has 0 heterocycles. The Kier molecular flexibility index (Phi) is 7.32. The summed E-state index contributed by atoms with van der Waals surface area (Å²) < 4.78 is 28.6. The number of carbonyl (C=O) groups is 1. The van der Waals surface area contributed by atoms with Gasteiger partial charge in [-0.1, -0.05) is 33.4 Å². The SMILES string of the molecule is C.[2H]C(=CC[C@@H](C)[C@@H](O)[C@H]1C(=O)CCC1C)C([2H])([2H])[2H].[Ac]. The molecule has 0 saturated heterocycles. The molecule has 0 bridgehead atoms. The van der Waals surface area contributed by atoms with Gasteiger partial charge < -0.3 is 5.11 Å². The van der Waals surface area contributed by atoms with E-state index in [2.05, 4.69) is 0 Å². The Balaban J connectivity index is 0. The monoisotopic (exact) mass is 457 g/mol. The van der Waals surface area contributed by atoms with Crippen LogP contribution >= 0.6 is 0 Å². The molecule has 4 atom stereocenters. The van der Waals surface area contributed by atoms with Crippen molar-refractivity contribution in [2.75, 3.05) is 0 Å². The molecule has 1 radical (unpaired) electrons. The van der Waals surface area contributed by atoms with Crippen LogP contribution in [0, 0.1) is 61.8 Å². The van der Waals surface area contributed by atoms with Crippen molar-refractivity contribution < 1.29 is 59.4 Å².